The van der Waals surface area contributed by atoms with Crippen LogP contribution in [0.2, 0.25) is 0 Å². The Labute approximate surface area is 132 Å². The van der Waals surface area contributed by atoms with E-state index in [9.17, 15) is 0 Å². The molecule has 0 radical (unpaired) electrons. The van der Waals surface area contributed by atoms with Crippen LogP contribution < -0.4 is 0 Å². The molecule has 0 heterocycles. The summed E-state index contributed by atoms with van der Waals surface area (Å²) in [4.78, 5) is 0. The molecule has 0 rings (SSSR count). The van der Waals surface area contributed by atoms with Gasteiger partial charge >= 0.3 is 0 Å². The van der Waals surface area contributed by atoms with E-state index in [1.165, 1.54) is 0 Å². The maximum atomic E-state index is 2.56. The molecule has 0 aromatic heterocycles. The molecule has 0 unspecified atom stereocenters. The summed E-state index contributed by atoms with van der Waals surface area (Å²) >= 11 is 0. The van der Waals surface area contributed by atoms with Gasteiger partial charge in [0.1, 0.15) is 0 Å². The first-order valence-electron chi connectivity index (χ1n) is 7.99. The van der Waals surface area contributed by atoms with Gasteiger partial charge in [-0.3, -0.25) is 0 Å². The lowest BCUT2D eigenvalue weighted by molar-refractivity contribution is 0.681. The highest BCUT2D eigenvalue weighted by atomic mass is 31.2. The lowest BCUT2D eigenvalue weighted by Gasteiger charge is -2.54. The second-order valence-electron chi connectivity index (χ2n) is 10.1. The highest BCUT2D eigenvalue weighted by Gasteiger charge is 2.47. The van der Waals surface area contributed by atoms with Crippen LogP contribution in [0.3, 0.4) is 0 Å². The molecule has 0 aliphatic carbocycles. The van der Waals surface area contributed by atoms with Crippen molar-refractivity contribution in [3.8, 4) is 0 Å². The Morgan fingerprint density at radius 2 is 0.600 bits per heavy atom. The molecule has 0 aliphatic rings. The van der Waals surface area contributed by atoms with E-state index in [4.69, 9.17) is 0 Å². The average molecular weight is 318 g/mol. The smallest absolute Gasteiger partial charge is 0.00154 e. The van der Waals surface area contributed by atoms with Gasteiger partial charge in [-0.25, -0.2) is 0 Å². The molecule has 0 bridgehead atoms. The Morgan fingerprint density at radius 1 is 0.450 bits per heavy atom. The Hall–Kier alpha value is 0.860. The van der Waals surface area contributed by atoms with Gasteiger partial charge in [0, 0.05) is 0 Å². The quantitative estimate of drug-likeness (QED) is 0.463. The number of hydrogen-bond donors (Lipinski definition) is 0. The van der Waals surface area contributed by atoms with Gasteiger partial charge in [-0.1, -0.05) is 106 Å². The zero-order chi connectivity index (χ0) is 16.7. The standard InChI is InChI=1S/C18H40P2/c1-14(19(15(2,3)4)16(5,6)7)20(17(8,9)10)18(11,12)13/h14H,1-13H3. The van der Waals surface area contributed by atoms with Crippen LogP contribution in [0.15, 0.2) is 0 Å². The maximum absolute atomic E-state index is 2.56. The summed E-state index contributed by atoms with van der Waals surface area (Å²) in [5, 5.41) is 2.52. The molecule has 0 nitrogen and oxygen atoms in total. The summed E-state index contributed by atoms with van der Waals surface area (Å²) in [5.74, 6) is 0. The first-order valence-corrected chi connectivity index (χ1v) is 10.8. The van der Waals surface area contributed by atoms with Crippen molar-refractivity contribution in [1.82, 2.24) is 0 Å². The third-order valence-electron chi connectivity index (χ3n) is 3.64. The molecule has 0 aromatic carbocycles. The fourth-order valence-corrected chi connectivity index (χ4v) is 18.0. The van der Waals surface area contributed by atoms with Crippen LogP contribution in [-0.2, 0) is 0 Å². The minimum absolute atomic E-state index is 0.0431. The Balaban J connectivity index is 5.81. The summed E-state index contributed by atoms with van der Waals surface area (Å²) in [6.07, 6.45) is 0. The molecule has 0 aliphatic heterocycles. The topological polar surface area (TPSA) is 0 Å². The zero-order valence-corrected chi connectivity index (χ0v) is 18.3. The number of rotatable bonds is 2. The predicted molar refractivity (Wildman–Crippen MR) is 102 cm³/mol. The van der Waals surface area contributed by atoms with E-state index in [-0.39, 0.29) is 15.8 Å². The van der Waals surface area contributed by atoms with Gasteiger partial charge in [0.15, 0.2) is 0 Å². The van der Waals surface area contributed by atoms with E-state index >= 15 is 0 Å². The lowest BCUT2D eigenvalue weighted by atomic mass is 10.2. The predicted octanol–water partition coefficient (Wildman–Crippen LogP) is 7.49. The van der Waals surface area contributed by atoms with Gasteiger partial charge in [0.25, 0.3) is 0 Å². The second kappa shape index (κ2) is 6.16. The van der Waals surface area contributed by atoms with Crippen molar-refractivity contribution in [2.75, 3.05) is 0 Å². The van der Waals surface area contributed by atoms with E-state index in [1.54, 1.807) is 0 Å². The first-order chi connectivity index (χ1) is 8.40. The molecule has 0 aromatic rings. The second-order valence-corrected chi connectivity index (χ2v) is 18.9. The molecule has 2 heteroatoms. The largest absolute Gasteiger partial charge is 0.0883 e. The Bertz CT molecular complexity index is 244. The van der Waals surface area contributed by atoms with Crippen LogP contribution in [0.5, 0.6) is 0 Å². The monoisotopic (exact) mass is 318 g/mol. The van der Waals surface area contributed by atoms with E-state index < -0.39 is 0 Å². The fourth-order valence-electron chi connectivity index (χ4n) is 4.37. The molecule has 20 heavy (non-hydrogen) atoms. The molecule has 0 fully saturated rings. The van der Waals surface area contributed by atoms with Crippen molar-refractivity contribution in [2.45, 2.75) is 116 Å². The SMILES string of the molecule is CC(P(C(C)(C)C)C(C)(C)C)P(C(C)(C)C)C(C)(C)C. The summed E-state index contributed by atoms with van der Waals surface area (Å²) in [6, 6.07) is 0. The zero-order valence-electron chi connectivity index (χ0n) is 16.5. The minimum atomic E-state index is -0.0431. The molecule has 0 atom stereocenters. The van der Waals surface area contributed by atoms with E-state index in [0.29, 0.717) is 20.6 Å². The molecule has 0 saturated carbocycles. The molecule has 0 amide bonds. The molecule has 0 saturated heterocycles. The van der Waals surface area contributed by atoms with Crippen molar-refractivity contribution in [3.63, 3.8) is 0 Å². The summed E-state index contributed by atoms with van der Waals surface area (Å²) in [5.41, 5.74) is 0. The van der Waals surface area contributed by atoms with Crippen LogP contribution in [0.4, 0.5) is 0 Å². The molecule has 122 valence electrons. The average Bonchev–Trinajstić information content (AvgIpc) is 1.88. The van der Waals surface area contributed by atoms with Crippen LogP contribution in [-0.4, -0.2) is 26.0 Å². The maximum Gasteiger partial charge on any atom is -0.00154 e. The highest BCUT2D eigenvalue weighted by molar-refractivity contribution is 7.78. The lowest BCUT2D eigenvalue weighted by Crippen LogP contribution is -2.36. The fraction of sp³-hybridized carbons (Fsp3) is 1.00. The van der Waals surface area contributed by atoms with Crippen molar-refractivity contribution < 1.29 is 0 Å². The normalized spacial score (nSPS) is 15.6. The first kappa shape index (κ1) is 20.9. The van der Waals surface area contributed by atoms with Gasteiger partial charge < -0.3 is 0 Å². The molecular weight excluding hydrogens is 278 g/mol. The molecule has 0 N–H and O–H groups in total. The minimum Gasteiger partial charge on any atom is -0.0883 e. The Morgan fingerprint density at radius 3 is 0.700 bits per heavy atom. The van der Waals surface area contributed by atoms with Crippen LogP contribution >= 0.6 is 15.8 Å². The Kier molecular flexibility index (Phi) is 6.43. The van der Waals surface area contributed by atoms with E-state index in [2.05, 4.69) is 90.0 Å². The third-order valence-corrected chi connectivity index (χ3v) is 12.3. The van der Waals surface area contributed by atoms with Gasteiger partial charge in [-0.15, -0.1) is 0 Å². The van der Waals surface area contributed by atoms with Crippen molar-refractivity contribution in [3.05, 3.63) is 0 Å². The van der Waals surface area contributed by atoms with Crippen molar-refractivity contribution in [1.29, 1.82) is 0 Å². The highest BCUT2D eigenvalue weighted by Crippen LogP contribution is 2.76. The summed E-state index contributed by atoms with van der Waals surface area (Å²) < 4.78 is 0. The third kappa shape index (κ3) is 5.57. The van der Waals surface area contributed by atoms with E-state index in [1.807, 2.05) is 0 Å². The number of hydrogen-bond acceptors (Lipinski definition) is 0. The molecule has 0 spiro atoms. The van der Waals surface area contributed by atoms with Crippen LogP contribution in [0.1, 0.15) is 90.0 Å². The van der Waals surface area contributed by atoms with Crippen LogP contribution in [0.25, 0.3) is 0 Å². The van der Waals surface area contributed by atoms with Gasteiger partial charge in [0.2, 0.25) is 0 Å². The van der Waals surface area contributed by atoms with Crippen molar-refractivity contribution in [2.24, 2.45) is 0 Å². The van der Waals surface area contributed by atoms with Crippen LogP contribution in [0, 0.1) is 0 Å². The molecular formula is C18H40P2. The van der Waals surface area contributed by atoms with Gasteiger partial charge in [-0.05, 0) is 26.0 Å². The van der Waals surface area contributed by atoms with E-state index in [0.717, 1.165) is 5.40 Å². The van der Waals surface area contributed by atoms with Gasteiger partial charge in [0.05, 0.1) is 0 Å². The summed E-state index contributed by atoms with van der Waals surface area (Å²) in [7, 11) is -0.0862. The summed E-state index contributed by atoms with van der Waals surface area (Å²) in [6.45, 7) is 32.1. The van der Waals surface area contributed by atoms with Crippen molar-refractivity contribution >= 4 is 15.8 Å². The van der Waals surface area contributed by atoms with Gasteiger partial charge in [-0.2, -0.15) is 0 Å².